The molecule has 1 aromatic heterocycles. The number of amides is 2. The van der Waals surface area contributed by atoms with Gasteiger partial charge in [-0.1, -0.05) is 42.5 Å². The number of hydrogen-bond donors (Lipinski definition) is 3. The summed E-state index contributed by atoms with van der Waals surface area (Å²) in [4.78, 5) is 40.6. The van der Waals surface area contributed by atoms with Crippen molar-refractivity contribution in [3.8, 4) is 23.1 Å². The van der Waals surface area contributed by atoms with Crippen LogP contribution in [-0.4, -0.2) is 46.6 Å². The first-order valence-corrected chi connectivity index (χ1v) is 15.3. The Bertz CT molecular complexity index is 1870. The maximum atomic E-state index is 12.7. The van der Waals surface area contributed by atoms with E-state index >= 15 is 0 Å². The summed E-state index contributed by atoms with van der Waals surface area (Å²) in [5.74, 6) is 0.626. The zero-order valence-electron chi connectivity index (χ0n) is 25.4. The number of carbonyl (C=O) groups is 3. The van der Waals surface area contributed by atoms with E-state index in [-0.39, 0.29) is 41.5 Å². The van der Waals surface area contributed by atoms with Crippen molar-refractivity contribution < 1.29 is 33.7 Å². The van der Waals surface area contributed by atoms with E-state index < -0.39 is 11.9 Å². The molecule has 0 atom stereocenters. The van der Waals surface area contributed by atoms with Crippen LogP contribution in [0.15, 0.2) is 109 Å². The minimum absolute atomic E-state index is 0.000326. The third kappa shape index (κ3) is 8.23. The Labute approximate surface area is 271 Å². The number of rotatable bonds is 11. The predicted molar refractivity (Wildman–Crippen MR) is 176 cm³/mol. The largest absolute Gasteiger partial charge is 0.490 e. The van der Waals surface area contributed by atoms with Gasteiger partial charge in [-0.3, -0.25) is 9.59 Å². The molecule has 2 amide bonds. The number of para-hydroxylation sites is 2. The molecule has 0 bridgehead atoms. The van der Waals surface area contributed by atoms with Crippen LogP contribution in [0.4, 0.5) is 5.69 Å². The molecule has 1 heterocycles. The highest BCUT2D eigenvalue weighted by atomic mass is 16.5. The molecular weight excluding hydrogens is 598 g/mol. The number of ether oxygens (including phenoxy) is 3. The molecule has 3 N–H and O–H groups in total. The summed E-state index contributed by atoms with van der Waals surface area (Å²) >= 11 is 0. The van der Waals surface area contributed by atoms with E-state index in [2.05, 4.69) is 15.6 Å². The lowest BCUT2D eigenvalue weighted by Gasteiger charge is -2.29. The van der Waals surface area contributed by atoms with Gasteiger partial charge in [0.1, 0.15) is 17.2 Å². The van der Waals surface area contributed by atoms with Gasteiger partial charge in [0.15, 0.2) is 6.61 Å². The molecule has 1 fully saturated rings. The first-order valence-electron chi connectivity index (χ1n) is 15.3. The van der Waals surface area contributed by atoms with Gasteiger partial charge in [0.25, 0.3) is 11.8 Å². The maximum Gasteiger partial charge on any atom is 0.337 e. The second kappa shape index (κ2) is 14.5. The summed E-state index contributed by atoms with van der Waals surface area (Å²) in [7, 11) is 0. The van der Waals surface area contributed by atoms with Crippen LogP contribution in [0.25, 0.3) is 10.8 Å². The van der Waals surface area contributed by atoms with Gasteiger partial charge >= 0.3 is 5.97 Å². The minimum atomic E-state index is -1.13. The molecule has 1 aliphatic carbocycles. The number of nitrogens with zero attached hydrogens (tertiary/aromatic N) is 1. The number of aromatic nitrogens is 1. The number of hydrogen-bond acceptors (Lipinski definition) is 7. The van der Waals surface area contributed by atoms with E-state index in [1.807, 2.05) is 66.7 Å². The van der Waals surface area contributed by atoms with Crippen molar-refractivity contribution in [1.29, 1.82) is 0 Å². The number of carboxylic acid groups (broad SMARTS) is 1. The number of fused-ring (bicyclic) bond motifs is 1. The van der Waals surface area contributed by atoms with E-state index in [4.69, 9.17) is 14.2 Å². The standard InChI is InChI=1S/C37H33N3O7/c41-34(23-45-28-6-2-1-3-7-28)39-27-13-17-29(18-14-27)46-30-15-10-25-21-31(16-11-24(25)20-30)47-35-19-12-26(22-38-35)36(42)40-33-9-5-4-8-32(33)37(43)44/h1-12,15-16,19-22,27,29H,13-14,17-18,23H2,(H,39,41)(H,40,42)(H,43,44). The molecule has 4 aromatic carbocycles. The second-order valence-electron chi connectivity index (χ2n) is 11.2. The van der Waals surface area contributed by atoms with Crippen molar-refractivity contribution in [1.82, 2.24) is 10.3 Å². The topological polar surface area (TPSA) is 136 Å². The fourth-order valence-electron chi connectivity index (χ4n) is 5.46. The Balaban J connectivity index is 0.983. The second-order valence-corrected chi connectivity index (χ2v) is 11.2. The number of pyridine rings is 1. The number of anilines is 1. The van der Waals surface area contributed by atoms with Gasteiger partial charge in [0.05, 0.1) is 22.9 Å². The molecule has 10 nitrogen and oxygen atoms in total. The average molecular weight is 632 g/mol. The molecule has 0 saturated heterocycles. The summed E-state index contributed by atoms with van der Waals surface area (Å²) in [6.45, 7) is -0.000787. The van der Waals surface area contributed by atoms with Gasteiger partial charge in [-0.25, -0.2) is 9.78 Å². The van der Waals surface area contributed by atoms with Crippen molar-refractivity contribution in [3.63, 3.8) is 0 Å². The number of nitrogens with one attached hydrogen (secondary N) is 2. The van der Waals surface area contributed by atoms with E-state index in [0.717, 1.165) is 42.2 Å². The molecule has 47 heavy (non-hydrogen) atoms. The Kier molecular flexibility index (Phi) is 9.57. The van der Waals surface area contributed by atoms with Gasteiger partial charge < -0.3 is 30.0 Å². The van der Waals surface area contributed by atoms with Gasteiger partial charge in [-0.15, -0.1) is 0 Å². The Morgan fingerprint density at radius 1 is 0.766 bits per heavy atom. The fraction of sp³-hybridized carbons (Fsp3) is 0.189. The number of carboxylic acids is 1. The SMILES string of the molecule is O=C(COc1ccccc1)NC1CCC(Oc2ccc3cc(Oc4ccc(C(=O)Nc5ccccc5C(=O)O)cn4)ccc3c2)CC1. The van der Waals surface area contributed by atoms with Crippen LogP contribution in [0, 0.1) is 0 Å². The van der Waals surface area contributed by atoms with E-state index in [0.29, 0.717) is 17.4 Å². The first kappa shape index (κ1) is 31.1. The molecular formula is C37H33N3O7. The molecule has 5 aromatic rings. The highest BCUT2D eigenvalue weighted by Crippen LogP contribution is 2.30. The summed E-state index contributed by atoms with van der Waals surface area (Å²) in [5.41, 5.74) is 0.462. The lowest BCUT2D eigenvalue weighted by atomic mass is 9.93. The molecule has 0 unspecified atom stereocenters. The normalized spacial score (nSPS) is 15.7. The van der Waals surface area contributed by atoms with Crippen LogP contribution < -0.4 is 24.8 Å². The van der Waals surface area contributed by atoms with Gasteiger partial charge in [0, 0.05) is 18.3 Å². The Hall–Kier alpha value is -5.90. The van der Waals surface area contributed by atoms with Crippen molar-refractivity contribution >= 4 is 34.2 Å². The van der Waals surface area contributed by atoms with E-state index in [1.54, 1.807) is 24.3 Å². The highest BCUT2D eigenvalue weighted by molar-refractivity contribution is 6.07. The van der Waals surface area contributed by atoms with Gasteiger partial charge in [-0.05, 0) is 91.1 Å². The molecule has 238 valence electrons. The number of benzene rings is 4. The number of aromatic carboxylic acids is 1. The van der Waals surface area contributed by atoms with Crippen molar-refractivity contribution in [2.75, 3.05) is 11.9 Å². The van der Waals surface area contributed by atoms with Crippen LogP contribution in [0.3, 0.4) is 0 Å². The zero-order valence-corrected chi connectivity index (χ0v) is 25.4. The zero-order chi connectivity index (χ0) is 32.6. The number of carbonyl (C=O) groups excluding carboxylic acids is 2. The highest BCUT2D eigenvalue weighted by Gasteiger charge is 2.24. The Morgan fingerprint density at radius 3 is 2.19 bits per heavy atom. The first-order chi connectivity index (χ1) is 22.9. The minimum Gasteiger partial charge on any atom is -0.490 e. The average Bonchev–Trinajstić information content (AvgIpc) is 3.09. The Morgan fingerprint density at radius 2 is 1.47 bits per heavy atom. The molecule has 0 aliphatic heterocycles. The summed E-state index contributed by atoms with van der Waals surface area (Å²) in [6, 6.07) is 30.4. The van der Waals surface area contributed by atoms with E-state index in [9.17, 15) is 19.5 Å². The third-order valence-corrected chi connectivity index (χ3v) is 7.87. The molecule has 0 spiro atoms. The predicted octanol–water partition coefficient (Wildman–Crippen LogP) is 6.86. The van der Waals surface area contributed by atoms with Gasteiger partial charge in [0.2, 0.25) is 5.88 Å². The van der Waals surface area contributed by atoms with Crippen LogP contribution >= 0.6 is 0 Å². The van der Waals surface area contributed by atoms with Crippen molar-refractivity contribution in [2.24, 2.45) is 0 Å². The smallest absolute Gasteiger partial charge is 0.337 e. The maximum absolute atomic E-state index is 12.7. The monoisotopic (exact) mass is 631 g/mol. The van der Waals surface area contributed by atoms with Crippen molar-refractivity contribution in [3.05, 3.63) is 120 Å². The molecule has 10 heteroatoms. The third-order valence-electron chi connectivity index (χ3n) is 7.87. The van der Waals surface area contributed by atoms with E-state index in [1.165, 1.54) is 18.3 Å². The summed E-state index contributed by atoms with van der Waals surface area (Å²) in [6.07, 6.45) is 4.83. The molecule has 6 rings (SSSR count). The summed E-state index contributed by atoms with van der Waals surface area (Å²) < 4.78 is 17.8. The van der Waals surface area contributed by atoms with Crippen LogP contribution in [0.1, 0.15) is 46.4 Å². The van der Waals surface area contributed by atoms with Crippen LogP contribution in [-0.2, 0) is 4.79 Å². The molecule has 1 saturated carbocycles. The summed E-state index contributed by atoms with van der Waals surface area (Å²) in [5, 5.41) is 17.0. The van der Waals surface area contributed by atoms with Crippen LogP contribution in [0.2, 0.25) is 0 Å². The van der Waals surface area contributed by atoms with Crippen molar-refractivity contribution in [2.45, 2.75) is 37.8 Å². The molecule has 1 aliphatic rings. The lowest BCUT2D eigenvalue weighted by molar-refractivity contribution is -0.124. The lowest BCUT2D eigenvalue weighted by Crippen LogP contribution is -2.41. The van der Waals surface area contributed by atoms with Crippen LogP contribution in [0.5, 0.6) is 23.1 Å². The fourth-order valence-corrected chi connectivity index (χ4v) is 5.46. The molecule has 0 radical (unpaired) electrons. The van der Waals surface area contributed by atoms with Gasteiger partial charge in [-0.2, -0.15) is 0 Å². The quantitative estimate of drug-likeness (QED) is 0.144.